The van der Waals surface area contributed by atoms with E-state index >= 15 is 4.39 Å². The standard InChI is InChI=1S/C18H15Cl2F2NO/c19-12-5-3-11(14(20)10-12)4-6-16(24)18(22)8-7-15(21)17-13(18)2-1-9-23-17/h1-3,5,9-10,15H,4,6-8H2/t15-,18+/m0/s1. The van der Waals surface area contributed by atoms with Crippen LogP contribution in [0.1, 0.15) is 42.3 Å². The third-order valence-corrected chi connectivity index (χ3v) is 4.97. The Morgan fingerprint density at radius 3 is 2.88 bits per heavy atom. The average Bonchev–Trinajstić information content (AvgIpc) is 2.57. The molecule has 1 aliphatic rings. The van der Waals surface area contributed by atoms with Gasteiger partial charge in [0.2, 0.25) is 0 Å². The van der Waals surface area contributed by atoms with Gasteiger partial charge in [0.25, 0.3) is 0 Å². The van der Waals surface area contributed by atoms with E-state index in [1.54, 1.807) is 18.2 Å². The molecule has 126 valence electrons. The first-order chi connectivity index (χ1) is 11.4. The van der Waals surface area contributed by atoms with Crippen molar-refractivity contribution in [3.05, 3.63) is 63.4 Å². The maximum atomic E-state index is 15.4. The van der Waals surface area contributed by atoms with Crippen LogP contribution in [0.3, 0.4) is 0 Å². The van der Waals surface area contributed by atoms with Crippen molar-refractivity contribution in [2.75, 3.05) is 0 Å². The van der Waals surface area contributed by atoms with Crippen molar-refractivity contribution in [3.63, 3.8) is 0 Å². The van der Waals surface area contributed by atoms with Gasteiger partial charge in [0, 0.05) is 28.2 Å². The van der Waals surface area contributed by atoms with E-state index in [1.807, 2.05) is 0 Å². The van der Waals surface area contributed by atoms with Crippen LogP contribution in [-0.2, 0) is 16.9 Å². The van der Waals surface area contributed by atoms with E-state index < -0.39 is 17.6 Å². The first-order valence-electron chi connectivity index (χ1n) is 7.67. The SMILES string of the molecule is O=C(CCc1ccc(Cl)cc1Cl)[C@@]1(F)CC[C@H](F)c2ncccc21. The van der Waals surface area contributed by atoms with Gasteiger partial charge in [-0.05, 0) is 43.0 Å². The van der Waals surface area contributed by atoms with Crippen LogP contribution in [-0.4, -0.2) is 10.8 Å². The minimum Gasteiger partial charge on any atom is -0.296 e. The van der Waals surface area contributed by atoms with Crippen molar-refractivity contribution in [1.82, 2.24) is 4.98 Å². The van der Waals surface area contributed by atoms with E-state index in [2.05, 4.69) is 4.98 Å². The maximum Gasteiger partial charge on any atom is 0.195 e. The second kappa shape index (κ2) is 6.77. The highest BCUT2D eigenvalue weighted by Crippen LogP contribution is 2.44. The number of halogens is 4. The maximum absolute atomic E-state index is 15.4. The van der Waals surface area contributed by atoms with E-state index in [0.29, 0.717) is 16.5 Å². The Bertz CT molecular complexity index is 783. The monoisotopic (exact) mass is 369 g/mol. The molecule has 2 aromatic rings. The van der Waals surface area contributed by atoms with Gasteiger partial charge in [-0.15, -0.1) is 0 Å². The average molecular weight is 370 g/mol. The molecule has 0 aliphatic heterocycles. The molecular formula is C18H15Cl2F2NO. The molecule has 0 radical (unpaired) electrons. The Morgan fingerprint density at radius 2 is 2.12 bits per heavy atom. The molecule has 0 N–H and O–H groups in total. The van der Waals surface area contributed by atoms with E-state index in [9.17, 15) is 9.18 Å². The molecule has 2 atom stereocenters. The molecule has 24 heavy (non-hydrogen) atoms. The number of hydrogen-bond acceptors (Lipinski definition) is 2. The van der Waals surface area contributed by atoms with Gasteiger partial charge >= 0.3 is 0 Å². The summed E-state index contributed by atoms with van der Waals surface area (Å²) < 4.78 is 29.3. The number of ketones is 1. The number of benzene rings is 1. The third-order valence-electron chi connectivity index (χ3n) is 4.38. The fraction of sp³-hybridized carbons (Fsp3) is 0.333. The number of nitrogens with zero attached hydrogens (tertiary/aromatic N) is 1. The lowest BCUT2D eigenvalue weighted by Crippen LogP contribution is -2.36. The van der Waals surface area contributed by atoms with Gasteiger partial charge in [0.1, 0.15) is 6.17 Å². The van der Waals surface area contributed by atoms with Gasteiger partial charge in [-0.2, -0.15) is 0 Å². The minimum absolute atomic E-state index is 0.0247. The highest BCUT2D eigenvalue weighted by atomic mass is 35.5. The number of aromatic nitrogens is 1. The molecular weight excluding hydrogens is 355 g/mol. The van der Waals surface area contributed by atoms with Gasteiger partial charge < -0.3 is 0 Å². The molecule has 0 bridgehead atoms. The molecule has 0 unspecified atom stereocenters. The quantitative estimate of drug-likeness (QED) is 0.705. The molecule has 0 fully saturated rings. The normalized spacial score (nSPS) is 22.9. The van der Waals surface area contributed by atoms with Crippen LogP contribution in [0, 0.1) is 0 Å². The molecule has 1 heterocycles. The summed E-state index contributed by atoms with van der Waals surface area (Å²) in [4.78, 5) is 16.5. The predicted molar refractivity (Wildman–Crippen MR) is 89.9 cm³/mol. The number of fused-ring (bicyclic) bond motifs is 1. The third kappa shape index (κ3) is 3.17. The largest absolute Gasteiger partial charge is 0.296 e. The first kappa shape index (κ1) is 17.3. The molecule has 6 heteroatoms. The summed E-state index contributed by atoms with van der Waals surface area (Å²) in [5.74, 6) is -0.574. The van der Waals surface area contributed by atoms with E-state index in [0.717, 1.165) is 5.56 Å². The molecule has 0 saturated heterocycles. The number of rotatable bonds is 4. The summed E-state index contributed by atoms with van der Waals surface area (Å²) >= 11 is 11.9. The Hall–Kier alpha value is -1.52. The van der Waals surface area contributed by atoms with E-state index in [1.165, 1.54) is 18.3 Å². The number of alkyl halides is 2. The van der Waals surface area contributed by atoms with Crippen molar-refractivity contribution >= 4 is 29.0 Å². The van der Waals surface area contributed by atoms with Gasteiger partial charge in [-0.3, -0.25) is 9.78 Å². The second-order valence-electron chi connectivity index (χ2n) is 5.90. The van der Waals surface area contributed by atoms with E-state index in [-0.39, 0.29) is 30.5 Å². The van der Waals surface area contributed by atoms with Crippen LogP contribution >= 0.6 is 23.2 Å². The smallest absolute Gasteiger partial charge is 0.195 e. The Kier molecular flexibility index (Phi) is 4.88. The van der Waals surface area contributed by atoms with Crippen LogP contribution in [0.25, 0.3) is 0 Å². The number of Topliss-reactive ketones (excluding diaryl/α,β-unsaturated/α-hetero) is 1. The lowest BCUT2D eigenvalue weighted by Gasteiger charge is -2.31. The van der Waals surface area contributed by atoms with Gasteiger partial charge in [0.05, 0.1) is 5.69 Å². The van der Waals surface area contributed by atoms with Crippen LogP contribution in [0.4, 0.5) is 8.78 Å². The van der Waals surface area contributed by atoms with Gasteiger partial charge in [-0.25, -0.2) is 8.78 Å². The molecule has 2 nitrogen and oxygen atoms in total. The number of carbonyl (C=O) groups is 1. The topological polar surface area (TPSA) is 30.0 Å². The predicted octanol–water partition coefficient (Wildman–Crippen LogP) is 5.56. The van der Waals surface area contributed by atoms with Gasteiger partial charge in [-0.1, -0.05) is 35.3 Å². The zero-order valence-electron chi connectivity index (χ0n) is 12.7. The number of aryl methyl sites for hydroxylation is 1. The van der Waals surface area contributed by atoms with Crippen LogP contribution in [0.2, 0.25) is 10.0 Å². The molecule has 1 aromatic carbocycles. The first-order valence-corrected chi connectivity index (χ1v) is 8.43. The summed E-state index contributed by atoms with van der Waals surface area (Å²) in [6.07, 6.45) is 0.144. The van der Waals surface area contributed by atoms with Crippen LogP contribution < -0.4 is 0 Å². The van der Waals surface area contributed by atoms with Crippen LogP contribution in [0.15, 0.2) is 36.5 Å². The fourth-order valence-electron chi connectivity index (χ4n) is 3.06. The summed E-state index contributed by atoms with van der Waals surface area (Å²) in [6.45, 7) is 0. The molecule has 1 aromatic heterocycles. The Balaban J connectivity index is 1.81. The summed E-state index contributed by atoms with van der Waals surface area (Å²) in [7, 11) is 0. The highest BCUT2D eigenvalue weighted by Gasteiger charge is 2.46. The highest BCUT2D eigenvalue weighted by molar-refractivity contribution is 6.35. The lowest BCUT2D eigenvalue weighted by molar-refractivity contribution is -0.132. The summed E-state index contributed by atoms with van der Waals surface area (Å²) in [5.41, 5.74) is -1.38. The van der Waals surface area contributed by atoms with Gasteiger partial charge in [0.15, 0.2) is 11.5 Å². The molecule has 0 saturated carbocycles. The summed E-state index contributed by atoms with van der Waals surface area (Å²) in [5, 5.41) is 0.941. The second-order valence-corrected chi connectivity index (χ2v) is 6.75. The molecule has 1 aliphatic carbocycles. The van der Waals surface area contributed by atoms with Crippen molar-refractivity contribution < 1.29 is 13.6 Å². The number of carbonyl (C=O) groups excluding carboxylic acids is 1. The van der Waals surface area contributed by atoms with Crippen LogP contribution in [0.5, 0.6) is 0 Å². The molecule has 3 rings (SSSR count). The van der Waals surface area contributed by atoms with Crippen molar-refractivity contribution in [3.8, 4) is 0 Å². The zero-order valence-corrected chi connectivity index (χ0v) is 14.2. The number of hydrogen-bond donors (Lipinski definition) is 0. The summed E-state index contributed by atoms with van der Waals surface area (Å²) in [6, 6.07) is 7.94. The minimum atomic E-state index is -2.19. The molecule has 0 amide bonds. The zero-order chi connectivity index (χ0) is 17.3. The van der Waals surface area contributed by atoms with Crippen molar-refractivity contribution in [2.24, 2.45) is 0 Å². The number of pyridine rings is 1. The fourth-order valence-corrected chi connectivity index (χ4v) is 3.56. The lowest BCUT2D eigenvalue weighted by atomic mass is 9.78. The Morgan fingerprint density at radius 1 is 1.33 bits per heavy atom. The Labute approximate surface area is 148 Å². The van der Waals surface area contributed by atoms with Crippen molar-refractivity contribution in [1.29, 1.82) is 0 Å². The molecule has 0 spiro atoms. The van der Waals surface area contributed by atoms with E-state index in [4.69, 9.17) is 23.2 Å². The van der Waals surface area contributed by atoms with Crippen molar-refractivity contribution in [2.45, 2.75) is 37.5 Å².